The average Bonchev–Trinajstić information content (AvgIpc) is 3.13. The van der Waals surface area contributed by atoms with Crippen molar-refractivity contribution in [2.45, 2.75) is 5.92 Å². The van der Waals surface area contributed by atoms with Crippen molar-refractivity contribution in [3.05, 3.63) is 114 Å². The number of carboxylic acid groups (broad SMARTS) is 1. The van der Waals surface area contributed by atoms with Crippen molar-refractivity contribution < 1.29 is 14.7 Å². The van der Waals surface area contributed by atoms with Crippen LogP contribution in [-0.4, -0.2) is 26.6 Å². The zero-order valence-electron chi connectivity index (χ0n) is 16.0. The molecule has 0 bridgehead atoms. The van der Waals surface area contributed by atoms with Gasteiger partial charge in [0, 0.05) is 0 Å². The maximum absolute atomic E-state index is 13.9. The normalized spacial score (nSPS) is 10.8. The fourth-order valence-electron chi connectivity index (χ4n) is 3.50. The van der Waals surface area contributed by atoms with Crippen LogP contribution in [0, 0.1) is 0 Å². The molecule has 4 rings (SSSR count). The van der Waals surface area contributed by atoms with Crippen LogP contribution in [-0.2, 0) is 0 Å². The molecule has 1 heterocycles. The molecular weight excluding hydrogens is 378 g/mol. The van der Waals surface area contributed by atoms with Crippen molar-refractivity contribution >= 4 is 17.4 Å². The molecule has 0 fully saturated rings. The molecule has 0 atom stereocenters. The number of benzene rings is 3. The second kappa shape index (κ2) is 8.05. The molecule has 0 aliphatic carbocycles. The number of hydrogen-bond acceptors (Lipinski definition) is 4. The summed E-state index contributed by atoms with van der Waals surface area (Å²) in [5.74, 6) is -2.27. The molecule has 0 amide bonds. The van der Waals surface area contributed by atoms with Gasteiger partial charge in [-0.25, -0.2) is 9.48 Å². The lowest BCUT2D eigenvalue weighted by Gasteiger charge is -2.18. The number of carbonyl (C=O) groups excluding carboxylic acids is 1. The van der Waals surface area contributed by atoms with E-state index in [1.807, 2.05) is 66.7 Å². The van der Waals surface area contributed by atoms with Crippen LogP contribution in [0.5, 0.6) is 0 Å². The van der Waals surface area contributed by atoms with Gasteiger partial charge < -0.3 is 10.8 Å². The van der Waals surface area contributed by atoms with Crippen molar-refractivity contribution in [1.29, 1.82) is 0 Å². The first-order valence-electron chi connectivity index (χ1n) is 9.39. The third kappa shape index (κ3) is 3.46. The molecular formula is C24H19N3O3. The van der Waals surface area contributed by atoms with Gasteiger partial charge in [-0.15, -0.1) is 0 Å². The molecule has 3 N–H and O–H groups in total. The highest BCUT2D eigenvalue weighted by atomic mass is 16.4. The van der Waals surface area contributed by atoms with E-state index < -0.39 is 11.9 Å². The van der Waals surface area contributed by atoms with Gasteiger partial charge in [0.2, 0.25) is 0 Å². The molecule has 0 aliphatic rings. The number of nitrogen functional groups attached to an aromatic ring is 1. The van der Waals surface area contributed by atoms with Crippen molar-refractivity contribution in [3.63, 3.8) is 0 Å². The molecule has 0 spiro atoms. The first kappa shape index (κ1) is 19.1. The minimum absolute atomic E-state index is 0.0521. The highest BCUT2D eigenvalue weighted by molar-refractivity contribution is 6.09. The summed E-state index contributed by atoms with van der Waals surface area (Å²) < 4.78 is 1.32. The lowest BCUT2D eigenvalue weighted by molar-refractivity contribution is 0.0691. The standard InChI is InChI=1S/C24H19N3O3/c25-20-21(24(29)30)26-27(18-14-8-3-9-15-18)22(20)23(28)19(16-10-4-1-5-11-16)17-12-6-2-7-13-17/h1-15,19H,25H2,(H,29,30). The number of para-hydroxylation sites is 1. The number of anilines is 1. The summed E-state index contributed by atoms with van der Waals surface area (Å²) in [7, 11) is 0. The van der Waals surface area contributed by atoms with E-state index in [0.29, 0.717) is 5.69 Å². The molecule has 6 heteroatoms. The van der Waals surface area contributed by atoms with E-state index in [1.54, 1.807) is 24.3 Å². The Morgan fingerprint density at radius 3 is 1.73 bits per heavy atom. The molecule has 0 radical (unpaired) electrons. The average molecular weight is 397 g/mol. The summed E-state index contributed by atoms with van der Waals surface area (Å²) in [6, 6.07) is 27.6. The SMILES string of the molecule is Nc1c(C(=O)O)nn(-c2ccccc2)c1C(=O)C(c1ccccc1)c1ccccc1. The summed E-state index contributed by atoms with van der Waals surface area (Å²) in [5, 5.41) is 13.7. The fraction of sp³-hybridized carbons (Fsp3) is 0.0417. The van der Waals surface area contributed by atoms with Crippen molar-refractivity contribution in [2.75, 3.05) is 5.73 Å². The van der Waals surface area contributed by atoms with Crippen LogP contribution in [0.25, 0.3) is 5.69 Å². The number of Topliss-reactive ketones (excluding diaryl/α,β-unsaturated/α-hetero) is 1. The van der Waals surface area contributed by atoms with Crippen molar-refractivity contribution in [3.8, 4) is 5.69 Å². The Bertz CT molecular complexity index is 1150. The van der Waals surface area contributed by atoms with E-state index in [1.165, 1.54) is 4.68 Å². The summed E-state index contributed by atoms with van der Waals surface area (Å²) in [5.41, 5.74) is 7.84. The second-order valence-corrected chi connectivity index (χ2v) is 6.78. The number of hydrogen-bond donors (Lipinski definition) is 2. The minimum atomic E-state index is -1.28. The van der Waals surface area contributed by atoms with E-state index in [2.05, 4.69) is 5.10 Å². The van der Waals surface area contributed by atoms with Crippen LogP contribution < -0.4 is 5.73 Å². The topological polar surface area (TPSA) is 98.2 Å². The molecule has 1 aromatic heterocycles. The molecule has 3 aromatic carbocycles. The Hall–Kier alpha value is -4.19. The first-order chi connectivity index (χ1) is 14.6. The Balaban J connectivity index is 1.94. The van der Waals surface area contributed by atoms with Gasteiger partial charge in [-0.2, -0.15) is 5.10 Å². The van der Waals surface area contributed by atoms with Gasteiger partial charge in [0.15, 0.2) is 11.5 Å². The number of aromatic carboxylic acids is 1. The lowest BCUT2D eigenvalue weighted by atomic mass is 9.86. The fourth-order valence-corrected chi connectivity index (χ4v) is 3.50. The lowest BCUT2D eigenvalue weighted by Crippen LogP contribution is -2.19. The van der Waals surface area contributed by atoms with Gasteiger partial charge in [-0.3, -0.25) is 4.79 Å². The zero-order chi connectivity index (χ0) is 21.1. The summed E-state index contributed by atoms with van der Waals surface area (Å²) in [6.45, 7) is 0. The molecule has 6 nitrogen and oxygen atoms in total. The zero-order valence-corrected chi connectivity index (χ0v) is 16.0. The minimum Gasteiger partial charge on any atom is -0.476 e. The Morgan fingerprint density at radius 1 is 0.800 bits per heavy atom. The quantitative estimate of drug-likeness (QED) is 0.476. The number of rotatable bonds is 6. The number of aromatic nitrogens is 2. The number of carbonyl (C=O) groups is 2. The summed E-state index contributed by atoms with van der Waals surface area (Å²) in [6.07, 6.45) is 0. The molecule has 0 aliphatic heterocycles. The van der Waals surface area contributed by atoms with Gasteiger partial charge in [-0.1, -0.05) is 78.9 Å². The summed E-state index contributed by atoms with van der Waals surface area (Å²) in [4.78, 5) is 25.5. The van der Waals surface area contributed by atoms with Crippen molar-refractivity contribution in [2.24, 2.45) is 0 Å². The Morgan fingerprint density at radius 2 is 1.27 bits per heavy atom. The van der Waals surface area contributed by atoms with Crippen LogP contribution in [0.2, 0.25) is 0 Å². The summed E-state index contributed by atoms with van der Waals surface area (Å²) >= 11 is 0. The van der Waals surface area contributed by atoms with Gasteiger partial charge in [-0.05, 0) is 23.3 Å². The van der Waals surface area contributed by atoms with E-state index in [9.17, 15) is 14.7 Å². The largest absolute Gasteiger partial charge is 0.476 e. The Kier molecular flexibility index (Phi) is 5.13. The van der Waals surface area contributed by atoms with Gasteiger partial charge in [0.25, 0.3) is 0 Å². The molecule has 0 saturated carbocycles. The maximum atomic E-state index is 13.9. The van der Waals surface area contributed by atoms with Crippen LogP contribution in [0.15, 0.2) is 91.0 Å². The van der Waals surface area contributed by atoms with Gasteiger partial charge in [0.05, 0.1) is 17.3 Å². The Labute approximate surface area is 173 Å². The molecule has 4 aromatic rings. The van der Waals surface area contributed by atoms with E-state index in [-0.39, 0.29) is 22.9 Å². The van der Waals surface area contributed by atoms with Gasteiger partial charge in [0.1, 0.15) is 5.69 Å². The van der Waals surface area contributed by atoms with Crippen LogP contribution in [0.1, 0.15) is 38.0 Å². The molecule has 0 unspecified atom stereocenters. The van der Waals surface area contributed by atoms with Crippen molar-refractivity contribution in [1.82, 2.24) is 9.78 Å². The second-order valence-electron chi connectivity index (χ2n) is 6.78. The molecule has 148 valence electrons. The monoisotopic (exact) mass is 397 g/mol. The van der Waals surface area contributed by atoms with Crippen LogP contribution in [0.3, 0.4) is 0 Å². The van der Waals surface area contributed by atoms with Gasteiger partial charge >= 0.3 is 5.97 Å². The molecule has 0 saturated heterocycles. The van der Waals surface area contributed by atoms with E-state index in [0.717, 1.165) is 11.1 Å². The maximum Gasteiger partial charge on any atom is 0.358 e. The number of nitrogens with zero attached hydrogens (tertiary/aromatic N) is 2. The number of carboxylic acids is 1. The first-order valence-corrected chi connectivity index (χ1v) is 9.39. The van der Waals surface area contributed by atoms with E-state index >= 15 is 0 Å². The predicted octanol–water partition coefficient (Wildman–Crippen LogP) is 4.17. The van der Waals surface area contributed by atoms with Crippen LogP contribution in [0.4, 0.5) is 5.69 Å². The third-order valence-corrected chi connectivity index (χ3v) is 4.89. The number of nitrogens with two attached hydrogens (primary N) is 1. The highest BCUT2D eigenvalue weighted by Gasteiger charge is 2.32. The third-order valence-electron chi connectivity index (χ3n) is 4.89. The van der Waals surface area contributed by atoms with E-state index in [4.69, 9.17) is 5.73 Å². The molecule has 30 heavy (non-hydrogen) atoms. The smallest absolute Gasteiger partial charge is 0.358 e. The van der Waals surface area contributed by atoms with Crippen LogP contribution >= 0.6 is 0 Å². The number of ketones is 1. The predicted molar refractivity (Wildman–Crippen MR) is 114 cm³/mol. The highest BCUT2D eigenvalue weighted by Crippen LogP contribution is 2.32.